The maximum absolute atomic E-state index is 5.72. The number of halogens is 1. The normalized spacial score (nSPS) is 10.7. The van der Waals surface area contributed by atoms with Gasteiger partial charge in [0.1, 0.15) is 5.82 Å². The van der Waals surface area contributed by atoms with Crippen LogP contribution in [0.15, 0.2) is 12.3 Å². The fourth-order valence-corrected chi connectivity index (χ4v) is 1.42. The van der Waals surface area contributed by atoms with Crippen LogP contribution >= 0.6 is 11.6 Å². The molecule has 1 aromatic rings. The SMILES string of the molecule is CN(C)CCCN(C)c1ccnc(Cl)n1. The Hall–Kier alpha value is -0.870. The highest BCUT2D eigenvalue weighted by Gasteiger charge is 2.03. The summed E-state index contributed by atoms with van der Waals surface area (Å²) in [7, 11) is 6.15. The molecule has 1 rings (SSSR count). The molecule has 15 heavy (non-hydrogen) atoms. The highest BCUT2D eigenvalue weighted by molar-refractivity contribution is 6.28. The lowest BCUT2D eigenvalue weighted by Crippen LogP contribution is -2.24. The molecule has 0 N–H and O–H groups in total. The number of anilines is 1. The van der Waals surface area contributed by atoms with E-state index in [9.17, 15) is 0 Å². The molecule has 0 spiro atoms. The van der Waals surface area contributed by atoms with Gasteiger partial charge in [0.15, 0.2) is 0 Å². The quantitative estimate of drug-likeness (QED) is 0.716. The van der Waals surface area contributed by atoms with Gasteiger partial charge in [-0.15, -0.1) is 0 Å². The molecule has 0 atom stereocenters. The largest absolute Gasteiger partial charge is 0.359 e. The maximum atomic E-state index is 5.72. The molecule has 0 aliphatic rings. The van der Waals surface area contributed by atoms with Gasteiger partial charge in [0.05, 0.1) is 0 Å². The minimum absolute atomic E-state index is 0.298. The molecule has 0 aromatic carbocycles. The lowest BCUT2D eigenvalue weighted by molar-refractivity contribution is 0.401. The summed E-state index contributed by atoms with van der Waals surface area (Å²) in [4.78, 5) is 12.2. The number of rotatable bonds is 5. The van der Waals surface area contributed by atoms with Crippen LogP contribution < -0.4 is 4.90 Å². The number of aromatic nitrogens is 2. The Morgan fingerprint density at radius 3 is 2.60 bits per heavy atom. The molecular weight excluding hydrogens is 212 g/mol. The second kappa shape index (κ2) is 5.88. The van der Waals surface area contributed by atoms with Crippen LogP contribution in [-0.4, -0.2) is 49.1 Å². The molecule has 0 amide bonds. The van der Waals surface area contributed by atoms with Crippen molar-refractivity contribution < 1.29 is 0 Å². The van der Waals surface area contributed by atoms with Crippen LogP contribution in [-0.2, 0) is 0 Å². The van der Waals surface area contributed by atoms with E-state index in [-0.39, 0.29) is 0 Å². The van der Waals surface area contributed by atoms with E-state index in [1.165, 1.54) is 0 Å². The van der Waals surface area contributed by atoms with Gasteiger partial charge in [0.25, 0.3) is 0 Å². The van der Waals surface area contributed by atoms with E-state index in [0.29, 0.717) is 5.28 Å². The Balaban J connectivity index is 2.43. The second-order valence-electron chi connectivity index (χ2n) is 3.76. The predicted molar refractivity (Wildman–Crippen MR) is 63.5 cm³/mol. The van der Waals surface area contributed by atoms with Crippen molar-refractivity contribution in [3.05, 3.63) is 17.5 Å². The van der Waals surface area contributed by atoms with Crippen LogP contribution in [0.4, 0.5) is 5.82 Å². The zero-order valence-electron chi connectivity index (χ0n) is 9.44. The second-order valence-corrected chi connectivity index (χ2v) is 4.10. The smallest absolute Gasteiger partial charge is 0.224 e. The Morgan fingerprint density at radius 2 is 2.00 bits per heavy atom. The summed E-state index contributed by atoms with van der Waals surface area (Å²) in [6.07, 6.45) is 2.78. The summed E-state index contributed by atoms with van der Waals surface area (Å²) < 4.78 is 0. The monoisotopic (exact) mass is 228 g/mol. The van der Waals surface area contributed by atoms with Gasteiger partial charge in [-0.25, -0.2) is 9.97 Å². The summed E-state index contributed by atoms with van der Waals surface area (Å²) in [6, 6.07) is 1.86. The Morgan fingerprint density at radius 1 is 1.27 bits per heavy atom. The van der Waals surface area contributed by atoms with Gasteiger partial charge in [-0.1, -0.05) is 0 Å². The van der Waals surface area contributed by atoms with E-state index in [1.807, 2.05) is 13.1 Å². The van der Waals surface area contributed by atoms with Crippen LogP contribution in [0, 0.1) is 0 Å². The lowest BCUT2D eigenvalue weighted by Gasteiger charge is -2.19. The molecule has 0 saturated carbocycles. The average Bonchev–Trinajstić information content (AvgIpc) is 2.17. The van der Waals surface area contributed by atoms with Crippen molar-refractivity contribution in [2.75, 3.05) is 39.1 Å². The third kappa shape index (κ3) is 4.44. The Kier molecular flexibility index (Phi) is 4.78. The third-order valence-corrected chi connectivity index (χ3v) is 2.28. The molecule has 0 unspecified atom stereocenters. The van der Waals surface area contributed by atoms with Crippen LogP contribution in [0.25, 0.3) is 0 Å². The predicted octanol–water partition coefficient (Wildman–Crippen LogP) is 1.52. The first-order valence-corrected chi connectivity index (χ1v) is 5.32. The molecule has 0 aliphatic heterocycles. The molecule has 0 radical (unpaired) electrons. The highest BCUT2D eigenvalue weighted by Crippen LogP contribution is 2.10. The van der Waals surface area contributed by atoms with E-state index in [1.54, 1.807) is 6.20 Å². The fraction of sp³-hybridized carbons (Fsp3) is 0.600. The van der Waals surface area contributed by atoms with Crippen LogP contribution in [0.5, 0.6) is 0 Å². The van der Waals surface area contributed by atoms with Crippen molar-refractivity contribution in [3.8, 4) is 0 Å². The zero-order valence-corrected chi connectivity index (χ0v) is 10.2. The first kappa shape index (κ1) is 12.2. The van der Waals surface area contributed by atoms with Crippen LogP contribution in [0.1, 0.15) is 6.42 Å². The van der Waals surface area contributed by atoms with Crippen molar-refractivity contribution in [1.29, 1.82) is 0 Å². The summed E-state index contributed by atoms with van der Waals surface area (Å²) in [5.74, 6) is 0.869. The molecule has 1 heterocycles. The Bertz CT molecular complexity index is 303. The molecule has 0 aliphatic carbocycles. The molecule has 4 nitrogen and oxygen atoms in total. The average molecular weight is 229 g/mol. The van der Waals surface area contributed by atoms with Crippen molar-refractivity contribution in [3.63, 3.8) is 0 Å². The third-order valence-electron chi connectivity index (χ3n) is 2.10. The van der Waals surface area contributed by atoms with Crippen molar-refractivity contribution in [1.82, 2.24) is 14.9 Å². The first-order chi connectivity index (χ1) is 7.09. The zero-order chi connectivity index (χ0) is 11.3. The maximum Gasteiger partial charge on any atom is 0.224 e. The summed E-state index contributed by atoms with van der Waals surface area (Å²) in [6.45, 7) is 2.04. The minimum atomic E-state index is 0.298. The van der Waals surface area contributed by atoms with Crippen LogP contribution in [0.2, 0.25) is 5.28 Å². The van der Waals surface area contributed by atoms with Gasteiger partial charge < -0.3 is 9.80 Å². The van der Waals surface area contributed by atoms with E-state index in [4.69, 9.17) is 11.6 Å². The minimum Gasteiger partial charge on any atom is -0.359 e. The summed E-state index contributed by atoms with van der Waals surface area (Å²) in [5, 5.41) is 0.298. The van der Waals surface area contributed by atoms with Crippen molar-refractivity contribution in [2.45, 2.75) is 6.42 Å². The lowest BCUT2D eigenvalue weighted by atomic mass is 10.3. The van der Waals surface area contributed by atoms with Gasteiger partial charge >= 0.3 is 0 Å². The number of hydrogen-bond acceptors (Lipinski definition) is 4. The van der Waals surface area contributed by atoms with Crippen molar-refractivity contribution >= 4 is 17.4 Å². The van der Waals surface area contributed by atoms with Gasteiger partial charge in [-0.3, -0.25) is 0 Å². The standard InChI is InChI=1S/C10H17ClN4/c1-14(2)7-4-8-15(3)9-5-6-12-10(11)13-9/h5-6H,4,7-8H2,1-3H3. The topological polar surface area (TPSA) is 32.3 Å². The summed E-state index contributed by atoms with van der Waals surface area (Å²) >= 11 is 5.72. The van der Waals surface area contributed by atoms with Gasteiger partial charge in [0.2, 0.25) is 5.28 Å². The molecule has 1 aromatic heterocycles. The molecule has 84 valence electrons. The highest BCUT2D eigenvalue weighted by atomic mass is 35.5. The van der Waals surface area contributed by atoms with E-state index in [2.05, 4.69) is 33.9 Å². The van der Waals surface area contributed by atoms with E-state index >= 15 is 0 Å². The van der Waals surface area contributed by atoms with Gasteiger partial charge in [-0.05, 0) is 44.7 Å². The van der Waals surface area contributed by atoms with Gasteiger partial charge in [-0.2, -0.15) is 0 Å². The number of nitrogens with zero attached hydrogens (tertiary/aromatic N) is 4. The molecule has 0 saturated heterocycles. The van der Waals surface area contributed by atoms with Crippen molar-refractivity contribution in [2.24, 2.45) is 0 Å². The Labute approximate surface area is 95.9 Å². The summed E-state index contributed by atoms with van der Waals surface area (Å²) in [5.41, 5.74) is 0. The molecular formula is C10H17ClN4. The van der Waals surface area contributed by atoms with E-state index < -0.39 is 0 Å². The van der Waals surface area contributed by atoms with E-state index in [0.717, 1.165) is 25.3 Å². The molecule has 5 heteroatoms. The fourth-order valence-electron chi connectivity index (χ4n) is 1.28. The number of hydrogen-bond donors (Lipinski definition) is 0. The van der Waals surface area contributed by atoms with Gasteiger partial charge in [0, 0.05) is 19.8 Å². The first-order valence-electron chi connectivity index (χ1n) is 4.94. The molecule has 0 fully saturated rings. The molecule has 0 bridgehead atoms. The van der Waals surface area contributed by atoms with Crippen LogP contribution in [0.3, 0.4) is 0 Å².